The van der Waals surface area contributed by atoms with Crippen LogP contribution in [0.15, 0.2) is 24.3 Å². The van der Waals surface area contributed by atoms with E-state index in [2.05, 4.69) is 40.8 Å². The average Bonchev–Trinajstić information content (AvgIpc) is 2.61. The van der Waals surface area contributed by atoms with Crippen LogP contribution >= 0.6 is 0 Å². The molecule has 0 aliphatic carbocycles. The first kappa shape index (κ1) is 24.6. The van der Waals surface area contributed by atoms with Crippen LogP contribution in [0, 0.1) is 12.8 Å². The molecule has 2 heterocycles. The summed E-state index contributed by atoms with van der Waals surface area (Å²) in [4.78, 5) is 11.3. The van der Waals surface area contributed by atoms with Crippen molar-refractivity contribution >= 4 is 16.0 Å². The molecule has 2 fully saturated rings. The first-order valence-corrected chi connectivity index (χ1v) is 11.3. The molecule has 3 rings (SSSR count). The minimum Gasteiger partial charge on any atom is -0.475 e. The number of hydrogen-bond acceptors (Lipinski definition) is 5. The Hall–Kier alpha value is -1.69. The van der Waals surface area contributed by atoms with E-state index in [4.69, 9.17) is 14.6 Å². The van der Waals surface area contributed by atoms with Crippen LogP contribution < -0.4 is 4.72 Å². The Balaban J connectivity index is 0.000000396. The lowest BCUT2D eigenvalue weighted by Gasteiger charge is -2.53. The summed E-state index contributed by atoms with van der Waals surface area (Å²) in [5, 5.41) is 7.12. The van der Waals surface area contributed by atoms with Gasteiger partial charge < -0.3 is 9.84 Å². The summed E-state index contributed by atoms with van der Waals surface area (Å²) in [6.07, 6.45) is -1.83. The first-order valence-electron chi connectivity index (χ1n) is 9.45. The maximum Gasteiger partial charge on any atom is 0.490 e. The third-order valence-corrected chi connectivity index (χ3v) is 5.75. The maximum atomic E-state index is 11.1. The molecular weight excluding hydrogens is 425 g/mol. The van der Waals surface area contributed by atoms with Crippen molar-refractivity contribution in [1.82, 2.24) is 9.62 Å². The fourth-order valence-electron chi connectivity index (χ4n) is 3.43. The van der Waals surface area contributed by atoms with Crippen molar-refractivity contribution in [3.8, 4) is 0 Å². The Bertz CT molecular complexity index is 812. The number of hydrogen-bond donors (Lipinski definition) is 2. The third kappa shape index (κ3) is 7.86. The molecule has 1 aromatic carbocycles. The lowest BCUT2D eigenvalue weighted by atomic mass is 9.83. The van der Waals surface area contributed by atoms with Crippen LogP contribution in [-0.2, 0) is 26.1 Å². The predicted octanol–water partition coefficient (Wildman–Crippen LogP) is 2.16. The number of rotatable bonds is 5. The van der Waals surface area contributed by atoms with Gasteiger partial charge in [0.25, 0.3) is 0 Å². The smallest absolute Gasteiger partial charge is 0.475 e. The molecule has 0 saturated carbocycles. The molecular formula is C19H27F3N2O5S. The lowest BCUT2D eigenvalue weighted by Crippen LogP contribution is -2.64. The Morgan fingerprint density at radius 1 is 1.30 bits per heavy atom. The van der Waals surface area contributed by atoms with Crippen molar-refractivity contribution in [3.63, 3.8) is 0 Å². The van der Waals surface area contributed by atoms with Gasteiger partial charge in [0, 0.05) is 26.2 Å². The molecule has 0 aromatic heterocycles. The highest BCUT2D eigenvalue weighted by Crippen LogP contribution is 2.36. The molecule has 1 spiro atoms. The summed E-state index contributed by atoms with van der Waals surface area (Å²) >= 11 is 0. The standard InChI is InChI=1S/C17H26N2O3S.C2HF3O2/c1-14-3-5-15(6-4-14)10-19-12-17(13-19)8-7-16(11-22-17)9-18-23(2,20)21;3-2(4,5)1(6)7/h3-6,16,18H,7-13H2,1-2H3;(H,6,7). The normalized spacial score (nSPS) is 21.4. The van der Waals surface area contributed by atoms with Gasteiger partial charge in [-0.15, -0.1) is 0 Å². The number of aryl methyl sites for hydroxylation is 1. The second-order valence-corrected chi connectivity index (χ2v) is 9.79. The summed E-state index contributed by atoms with van der Waals surface area (Å²) in [5.41, 5.74) is 2.64. The second kappa shape index (κ2) is 9.63. The highest BCUT2D eigenvalue weighted by molar-refractivity contribution is 7.88. The molecule has 2 aliphatic rings. The van der Waals surface area contributed by atoms with Gasteiger partial charge in [0.1, 0.15) is 0 Å². The number of nitrogens with one attached hydrogen (secondary N) is 1. The molecule has 1 aromatic rings. The van der Waals surface area contributed by atoms with Gasteiger partial charge in [-0.1, -0.05) is 29.8 Å². The Kier molecular flexibility index (Phi) is 7.89. The highest BCUT2D eigenvalue weighted by atomic mass is 32.2. The van der Waals surface area contributed by atoms with Crippen molar-refractivity contribution in [2.45, 2.75) is 38.1 Å². The van der Waals surface area contributed by atoms with E-state index in [-0.39, 0.29) is 5.60 Å². The maximum absolute atomic E-state index is 11.1. The number of carboxylic acid groups (broad SMARTS) is 1. The molecule has 2 aliphatic heterocycles. The Morgan fingerprint density at radius 2 is 1.87 bits per heavy atom. The SMILES string of the molecule is Cc1ccc(CN2CC3(CCC(CNS(C)(=O)=O)CO3)C2)cc1.O=C(O)C(F)(F)F. The summed E-state index contributed by atoms with van der Waals surface area (Å²) < 4.78 is 62.7. The lowest BCUT2D eigenvalue weighted by molar-refractivity contribution is -0.192. The van der Waals surface area contributed by atoms with E-state index in [1.807, 2.05) is 0 Å². The fraction of sp³-hybridized carbons (Fsp3) is 0.632. The number of benzene rings is 1. The molecule has 170 valence electrons. The van der Waals surface area contributed by atoms with Crippen molar-refractivity contribution in [1.29, 1.82) is 0 Å². The summed E-state index contributed by atoms with van der Waals surface area (Å²) in [7, 11) is -3.10. The van der Waals surface area contributed by atoms with Crippen molar-refractivity contribution in [2.24, 2.45) is 5.92 Å². The molecule has 1 atom stereocenters. The molecule has 11 heteroatoms. The van der Waals surface area contributed by atoms with Gasteiger partial charge in [0.05, 0.1) is 18.5 Å². The van der Waals surface area contributed by atoms with Gasteiger partial charge >= 0.3 is 12.1 Å². The minimum absolute atomic E-state index is 0.00624. The quantitative estimate of drug-likeness (QED) is 0.711. The van der Waals surface area contributed by atoms with Crippen LogP contribution in [0.25, 0.3) is 0 Å². The zero-order valence-electron chi connectivity index (χ0n) is 16.9. The Labute approximate surface area is 174 Å². The van der Waals surface area contributed by atoms with Gasteiger partial charge in [0.15, 0.2) is 0 Å². The zero-order chi connectivity index (χ0) is 22.6. The molecule has 2 N–H and O–H groups in total. The van der Waals surface area contributed by atoms with E-state index in [0.717, 1.165) is 32.5 Å². The van der Waals surface area contributed by atoms with Crippen LogP contribution in [0.4, 0.5) is 13.2 Å². The summed E-state index contributed by atoms with van der Waals surface area (Å²) in [6.45, 7) is 6.18. The molecule has 7 nitrogen and oxygen atoms in total. The van der Waals surface area contributed by atoms with Crippen LogP contribution in [-0.4, -0.2) is 68.7 Å². The highest BCUT2D eigenvalue weighted by Gasteiger charge is 2.46. The van der Waals surface area contributed by atoms with Crippen LogP contribution in [0.2, 0.25) is 0 Å². The van der Waals surface area contributed by atoms with E-state index in [9.17, 15) is 21.6 Å². The number of sulfonamides is 1. The minimum atomic E-state index is -5.08. The van der Waals surface area contributed by atoms with Crippen molar-refractivity contribution in [3.05, 3.63) is 35.4 Å². The third-order valence-electron chi connectivity index (χ3n) is 5.06. The number of halogens is 3. The molecule has 1 unspecified atom stereocenters. The summed E-state index contributed by atoms with van der Waals surface area (Å²) in [5.74, 6) is -2.46. The van der Waals surface area contributed by atoms with Crippen LogP contribution in [0.5, 0.6) is 0 Å². The zero-order valence-corrected chi connectivity index (χ0v) is 17.7. The predicted molar refractivity (Wildman–Crippen MR) is 104 cm³/mol. The Morgan fingerprint density at radius 3 is 2.30 bits per heavy atom. The van der Waals surface area contributed by atoms with E-state index >= 15 is 0 Å². The number of carboxylic acids is 1. The number of carbonyl (C=O) groups is 1. The largest absolute Gasteiger partial charge is 0.490 e. The number of aliphatic carboxylic acids is 1. The fourth-order valence-corrected chi connectivity index (χ4v) is 3.97. The monoisotopic (exact) mass is 452 g/mol. The van der Waals surface area contributed by atoms with E-state index in [1.54, 1.807) is 0 Å². The number of nitrogens with zero attached hydrogens (tertiary/aromatic N) is 1. The molecule has 2 saturated heterocycles. The van der Waals surface area contributed by atoms with Gasteiger partial charge in [0.2, 0.25) is 10.0 Å². The molecule has 30 heavy (non-hydrogen) atoms. The second-order valence-electron chi connectivity index (χ2n) is 7.95. The number of alkyl halides is 3. The van der Waals surface area contributed by atoms with Gasteiger partial charge in [-0.2, -0.15) is 13.2 Å². The van der Waals surface area contributed by atoms with Crippen LogP contribution in [0.1, 0.15) is 24.0 Å². The van der Waals surface area contributed by atoms with Crippen molar-refractivity contribution < 1.29 is 36.2 Å². The topological polar surface area (TPSA) is 95.9 Å². The van der Waals surface area contributed by atoms with Gasteiger partial charge in [-0.25, -0.2) is 17.9 Å². The van der Waals surface area contributed by atoms with E-state index < -0.39 is 22.2 Å². The number of ether oxygens (including phenoxy) is 1. The summed E-state index contributed by atoms with van der Waals surface area (Å²) in [6, 6.07) is 8.69. The average molecular weight is 452 g/mol. The van der Waals surface area contributed by atoms with Crippen LogP contribution in [0.3, 0.4) is 0 Å². The van der Waals surface area contributed by atoms with Crippen molar-refractivity contribution in [2.75, 3.05) is 32.5 Å². The van der Waals surface area contributed by atoms with E-state index in [1.165, 1.54) is 17.4 Å². The van der Waals surface area contributed by atoms with E-state index in [0.29, 0.717) is 19.1 Å². The number of likely N-dealkylation sites (tertiary alicyclic amines) is 1. The van der Waals surface area contributed by atoms with Gasteiger partial charge in [-0.3, -0.25) is 4.90 Å². The molecule has 0 bridgehead atoms. The van der Waals surface area contributed by atoms with Gasteiger partial charge in [-0.05, 0) is 31.2 Å². The molecule has 0 radical (unpaired) electrons. The first-order chi connectivity index (χ1) is 13.8. The molecule has 0 amide bonds.